The Balaban J connectivity index is 0.000000230. The molecule has 0 aliphatic heterocycles. The van der Waals surface area contributed by atoms with Gasteiger partial charge in [-0.3, -0.25) is 0 Å². The molecule has 5 aromatic rings. The zero-order chi connectivity index (χ0) is 32.3. The summed E-state index contributed by atoms with van der Waals surface area (Å²) >= 11 is -1.12. The van der Waals surface area contributed by atoms with Gasteiger partial charge in [-0.15, -0.1) is 0 Å². The van der Waals surface area contributed by atoms with Crippen LogP contribution in [0.25, 0.3) is 6.08 Å². The van der Waals surface area contributed by atoms with Crippen molar-refractivity contribution in [2.24, 2.45) is 0 Å². The van der Waals surface area contributed by atoms with Crippen LogP contribution in [0, 0.1) is 0 Å². The third-order valence-corrected chi connectivity index (χ3v) is 19.2. The minimum atomic E-state index is -1.12. The van der Waals surface area contributed by atoms with Crippen LogP contribution in [0.2, 0.25) is 0 Å². The quantitative estimate of drug-likeness (QED) is 0.0923. The third kappa shape index (κ3) is 8.76. The largest absolute Gasteiger partial charge is 0.0622 e. The van der Waals surface area contributed by atoms with Gasteiger partial charge < -0.3 is 0 Å². The maximum absolute atomic E-state index is 2.56. The Kier molecular flexibility index (Phi) is 12.2. The number of hydrogen-bond acceptors (Lipinski definition) is 0. The molecule has 0 spiro atoms. The zero-order valence-corrected chi connectivity index (χ0v) is 32.3. The van der Waals surface area contributed by atoms with Crippen molar-refractivity contribution < 1.29 is 22.9 Å². The Bertz CT molecular complexity index is 1720. The SMILES string of the molecule is CCCCC1=CC[C]([Hf][CH]2C(P(c3ccccc3)c3ccccc3)=Cc3ccccc32)=C1C.c1ccc(CCc2ccccc2)cc1. The van der Waals surface area contributed by atoms with E-state index in [9.17, 15) is 0 Å². The van der Waals surface area contributed by atoms with Crippen LogP contribution in [0.3, 0.4) is 0 Å². The molecule has 1 unspecified atom stereocenters. The summed E-state index contributed by atoms with van der Waals surface area (Å²) in [5, 5.41) is 4.64. The molecule has 0 fully saturated rings. The molecule has 0 aromatic heterocycles. The van der Waals surface area contributed by atoms with Gasteiger partial charge in [-0.25, -0.2) is 0 Å². The fraction of sp³-hybridized carbons (Fsp3) is 0.200. The van der Waals surface area contributed by atoms with Crippen molar-refractivity contribution >= 4 is 24.6 Å². The summed E-state index contributed by atoms with van der Waals surface area (Å²) in [5.41, 5.74) is 9.17. The fourth-order valence-corrected chi connectivity index (χ4v) is 16.7. The van der Waals surface area contributed by atoms with E-state index in [4.69, 9.17) is 0 Å². The van der Waals surface area contributed by atoms with Crippen molar-refractivity contribution in [3.63, 3.8) is 0 Å². The van der Waals surface area contributed by atoms with E-state index < -0.39 is 30.8 Å². The van der Waals surface area contributed by atoms with Crippen molar-refractivity contribution in [2.75, 3.05) is 0 Å². The number of aryl methyl sites for hydroxylation is 2. The van der Waals surface area contributed by atoms with Crippen LogP contribution in [0.15, 0.2) is 171 Å². The van der Waals surface area contributed by atoms with E-state index in [0.29, 0.717) is 3.67 Å². The summed E-state index contributed by atoms with van der Waals surface area (Å²) < 4.78 is 2.49. The molecule has 2 aliphatic rings. The van der Waals surface area contributed by atoms with Crippen LogP contribution < -0.4 is 10.6 Å². The van der Waals surface area contributed by atoms with Crippen LogP contribution in [0.1, 0.15) is 65.5 Å². The van der Waals surface area contributed by atoms with Crippen LogP contribution >= 0.6 is 7.92 Å². The molecule has 2 aliphatic carbocycles. The maximum Gasteiger partial charge on any atom is -0.0238 e. The molecule has 0 heterocycles. The van der Waals surface area contributed by atoms with Gasteiger partial charge in [-0.05, 0) is 24.0 Å². The number of allylic oxidation sites excluding steroid dienone is 5. The molecular weight excluding hydrogens is 750 g/mol. The van der Waals surface area contributed by atoms with E-state index in [1.807, 2.05) is 3.33 Å². The Labute approximate surface area is 295 Å². The third-order valence-electron chi connectivity index (χ3n) is 9.19. The first-order valence-corrected chi connectivity index (χ1v) is 22.4. The van der Waals surface area contributed by atoms with E-state index in [1.165, 1.54) is 53.0 Å². The van der Waals surface area contributed by atoms with Gasteiger partial charge in [0, 0.05) is 0 Å². The second kappa shape index (κ2) is 17.1. The molecule has 0 N–H and O–H groups in total. The Hall–Kier alpha value is -3.38. The van der Waals surface area contributed by atoms with E-state index >= 15 is 0 Å². The maximum atomic E-state index is 2.56. The minimum Gasteiger partial charge on any atom is -0.0622 e. The number of fused-ring (bicyclic) bond motifs is 1. The predicted molar refractivity (Wildman–Crippen MR) is 201 cm³/mol. The standard InChI is InChI=1S/C21H16P.C14H14.C10H15.Hf/c1-3-11-19(12-4-1)22(20-13-5-2-6-14-20)21-15-17-9-7-8-10-18(17)16-21;1-3-7-13(8-4-1)11-12-14-9-5-2-6-10-14;1-3-4-7-10-8-5-6-9(10)2;/h1-16H;1-10H,11-12H2;8H,3-5,7H2,1-2H3;. The number of unbranched alkanes of at least 4 members (excludes halogenated alkanes) is 1. The Morgan fingerprint density at radius 3 is 1.68 bits per heavy atom. The molecular formula is C45H45HfP. The molecule has 0 saturated carbocycles. The monoisotopic (exact) mass is 796 g/mol. The van der Waals surface area contributed by atoms with Gasteiger partial charge >= 0.3 is 213 Å². The average Bonchev–Trinajstić information content (AvgIpc) is 3.67. The fourth-order valence-electron chi connectivity index (χ4n) is 6.56. The number of benzene rings is 5. The summed E-state index contributed by atoms with van der Waals surface area (Å²) in [4.78, 5) is 0. The molecule has 0 bridgehead atoms. The van der Waals surface area contributed by atoms with E-state index in [-0.39, 0.29) is 0 Å². The van der Waals surface area contributed by atoms with Crippen molar-refractivity contribution in [1.82, 2.24) is 0 Å². The molecule has 0 nitrogen and oxygen atoms in total. The van der Waals surface area contributed by atoms with E-state index in [1.54, 1.807) is 22.0 Å². The molecule has 5 aromatic carbocycles. The molecule has 0 amide bonds. The van der Waals surface area contributed by atoms with Gasteiger partial charge in [0.15, 0.2) is 0 Å². The normalized spacial score (nSPS) is 15.1. The first-order valence-electron chi connectivity index (χ1n) is 17.2. The van der Waals surface area contributed by atoms with Gasteiger partial charge in [0.05, 0.1) is 0 Å². The minimum absolute atomic E-state index is 0.522. The second-order valence-corrected chi connectivity index (χ2v) is 19.9. The molecule has 234 valence electrons. The van der Waals surface area contributed by atoms with Crippen LogP contribution in [-0.2, 0) is 35.7 Å². The molecule has 0 radical (unpaired) electrons. The smallest absolute Gasteiger partial charge is 0.0238 e. The first kappa shape index (κ1) is 33.5. The summed E-state index contributed by atoms with van der Waals surface area (Å²) in [6.07, 6.45) is 12.5. The number of rotatable bonds is 11. The van der Waals surface area contributed by atoms with Crippen LogP contribution in [0.4, 0.5) is 0 Å². The van der Waals surface area contributed by atoms with Gasteiger partial charge in [0.25, 0.3) is 0 Å². The van der Waals surface area contributed by atoms with Gasteiger partial charge in [-0.2, -0.15) is 0 Å². The van der Waals surface area contributed by atoms with E-state index in [2.05, 4.69) is 172 Å². The summed E-state index contributed by atoms with van der Waals surface area (Å²) in [5.74, 6) is 0. The van der Waals surface area contributed by atoms with Crippen LogP contribution in [0.5, 0.6) is 0 Å². The van der Waals surface area contributed by atoms with Gasteiger partial charge in [0.2, 0.25) is 0 Å². The van der Waals surface area contributed by atoms with Crippen molar-refractivity contribution in [2.45, 2.75) is 56.0 Å². The molecule has 0 saturated heterocycles. The summed E-state index contributed by atoms with van der Waals surface area (Å²) in [6, 6.07) is 53.0. The van der Waals surface area contributed by atoms with Gasteiger partial charge in [-0.1, -0.05) is 60.7 Å². The topological polar surface area (TPSA) is 0 Å². The van der Waals surface area contributed by atoms with Gasteiger partial charge in [0.1, 0.15) is 0 Å². The van der Waals surface area contributed by atoms with Crippen molar-refractivity contribution in [3.8, 4) is 0 Å². The zero-order valence-electron chi connectivity index (χ0n) is 27.8. The average molecular weight is 795 g/mol. The van der Waals surface area contributed by atoms with Crippen molar-refractivity contribution in [1.29, 1.82) is 0 Å². The predicted octanol–water partition coefficient (Wildman–Crippen LogP) is 11.6. The van der Waals surface area contributed by atoms with E-state index in [0.717, 1.165) is 12.8 Å². The molecule has 1 atom stereocenters. The number of hydrogen-bond donors (Lipinski definition) is 0. The van der Waals surface area contributed by atoms with Crippen molar-refractivity contribution in [3.05, 3.63) is 194 Å². The molecule has 47 heavy (non-hydrogen) atoms. The second-order valence-electron chi connectivity index (χ2n) is 12.4. The summed E-state index contributed by atoms with van der Waals surface area (Å²) in [6.45, 7) is 4.72. The molecule has 2 heteroatoms. The first-order chi connectivity index (χ1) is 23.2. The molecule has 7 rings (SSSR count). The summed E-state index contributed by atoms with van der Waals surface area (Å²) in [7, 11) is -0.522. The van der Waals surface area contributed by atoms with Crippen LogP contribution in [-0.4, -0.2) is 0 Å². The Morgan fingerprint density at radius 1 is 0.617 bits per heavy atom. The Morgan fingerprint density at radius 2 is 1.13 bits per heavy atom.